The van der Waals surface area contributed by atoms with Gasteiger partial charge in [0, 0.05) is 0 Å². The normalized spacial score (nSPS) is 19.1. The molecule has 1 heteroatoms. The molecule has 0 radical (unpaired) electrons. The summed E-state index contributed by atoms with van der Waals surface area (Å²) in [6, 6.07) is 0. The Hall–Kier alpha value is -0.0400. The fourth-order valence-electron chi connectivity index (χ4n) is 3.17. The topological polar surface area (TPSA) is 9.23 Å². The minimum absolute atomic E-state index is 0.241. The molecule has 0 aliphatic rings. The van der Waals surface area contributed by atoms with Crippen molar-refractivity contribution >= 4 is 0 Å². The van der Waals surface area contributed by atoms with E-state index in [0.717, 1.165) is 0 Å². The Labute approximate surface area is 135 Å². The van der Waals surface area contributed by atoms with Crippen LogP contribution in [0.5, 0.6) is 0 Å². The number of hydrogen-bond donors (Lipinski definition) is 0. The van der Waals surface area contributed by atoms with Gasteiger partial charge in [-0.15, -0.1) is 0 Å². The van der Waals surface area contributed by atoms with Crippen LogP contribution in [-0.2, 0) is 4.74 Å². The third-order valence-electron chi connectivity index (χ3n) is 5.98. The summed E-state index contributed by atoms with van der Waals surface area (Å²) in [6.45, 7) is 23.4. The van der Waals surface area contributed by atoms with Gasteiger partial charge in [-0.05, 0) is 35.5 Å². The Balaban J connectivity index is 5.41. The first-order valence-electron chi connectivity index (χ1n) is 9.22. The molecule has 0 aromatic carbocycles. The van der Waals surface area contributed by atoms with E-state index in [9.17, 15) is 0 Å². The predicted molar refractivity (Wildman–Crippen MR) is 95.7 cm³/mol. The fourth-order valence-corrected chi connectivity index (χ4v) is 3.17. The molecule has 0 saturated carbocycles. The maximum atomic E-state index is 6.87. The maximum Gasteiger partial charge on any atom is 0.0655 e. The van der Waals surface area contributed by atoms with Crippen LogP contribution in [0.15, 0.2) is 0 Å². The summed E-state index contributed by atoms with van der Waals surface area (Å²) in [5.74, 6) is 1.22. The molecule has 0 heterocycles. The van der Waals surface area contributed by atoms with E-state index in [4.69, 9.17) is 4.74 Å². The van der Waals surface area contributed by atoms with Crippen molar-refractivity contribution in [1.82, 2.24) is 0 Å². The second-order valence-electron chi connectivity index (χ2n) is 8.43. The molecule has 0 N–H and O–H groups in total. The highest BCUT2D eigenvalue weighted by atomic mass is 16.5. The first-order valence-corrected chi connectivity index (χ1v) is 9.22. The number of hydrogen-bond acceptors (Lipinski definition) is 1. The van der Waals surface area contributed by atoms with E-state index in [0.29, 0.717) is 24.0 Å². The Kier molecular flexibility index (Phi) is 8.54. The van der Waals surface area contributed by atoms with Crippen molar-refractivity contribution in [2.24, 2.45) is 22.7 Å². The van der Waals surface area contributed by atoms with Gasteiger partial charge >= 0.3 is 0 Å². The van der Waals surface area contributed by atoms with Crippen LogP contribution in [0.25, 0.3) is 0 Å². The molecule has 4 atom stereocenters. The maximum absolute atomic E-state index is 6.87. The Bertz CT molecular complexity index is 252. The monoisotopic (exact) mass is 298 g/mol. The van der Waals surface area contributed by atoms with Crippen LogP contribution >= 0.6 is 0 Å². The van der Waals surface area contributed by atoms with Gasteiger partial charge in [-0.1, -0.05) is 82.1 Å². The van der Waals surface area contributed by atoms with E-state index >= 15 is 0 Å². The Morgan fingerprint density at radius 3 is 1.14 bits per heavy atom. The summed E-state index contributed by atoms with van der Waals surface area (Å²) in [5.41, 5.74) is 0.482. The van der Waals surface area contributed by atoms with Gasteiger partial charge in [0.15, 0.2) is 0 Å². The fraction of sp³-hybridized carbons (Fsp3) is 1.00. The Morgan fingerprint density at radius 2 is 0.952 bits per heavy atom. The van der Waals surface area contributed by atoms with Crippen LogP contribution in [0.3, 0.4) is 0 Å². The molecule has 0 aromatic rings. The summed E-state index contributed by atoms with van der Waals surface area (Å²) in [7, 11) is 0. The van der Waals surface area contributed by atoms with Gasteiger partial charge in [0.2, 0.25) is 0 Å². The molecule has 4 unspecified atom stereocenters. The van der Waals surface area contributed by atoms with Gasteiger partial charge in [-0.2, -0.15) is 0 Å². The van der Waals surface area contributed by atoms with Gasteiger partial charge < -0.3 is 4.74 Å². The van der Waals surface area contributed by atoms with Crippen molar-refractivity contribution in [1.29, 1.82) is 0 Å². The minimum atomic E-state index is 0.241. The number of rotatable bonds is 10. The molecule has 0 aliphatic heterocycles. The minimum Gasteiger partial charge on any atom is -0.373 e. The van der Waals surface area contributed by atoms with Gasteiger partial charge in [0.05, 0.1) is 12.2 Å². The molecule has 0 aromatic heterocycles. The van der Waals surface area contributed by atoms with Gasteiger partial charge in [0.1, 0.15) is 0 Å². The highest BCUT2D eigenvalue weighted by Gasteiger charge is 2.40. The molecule has 0 rings (SSSR count). The van der Waals surface area contributed by atoms with E-state index in [2.05, 4.69) is 69.2 Å². The smallest absolute Gasteiger partial charge is 0.0655 e. The molecule has 0 aliphatic carbocycles. The zero-order valence-electron chi connectivity index (χ0n) is 16.5. The summed E-state index contributed by atoms with van der Waals surface area (Å²) in [5, 5.41) is 0. The van der Waals surface area contributed by atoms with E-state index in [1.54, 1.807) is 0 Å². The largest absolute Gasteiger partial charge is 0.373 e. The highest BCUT2D eigenvalue weighted by Crippen LogP contribution is 2.40. The van der Waals surface area contributed by atoms with Gasteiger partial charge in [-0.25, -0.2) is 0 Å². The summed E-state index contributed by atoms with van der Waals surface area (Å²) < 4.78 is 6.87. The molecule has 0 bridgehead atoms. The van der Waals surface area contributed by atoms with Crippen LogP contribution in [0, 0.1) is 22.7 Å². The first-order chi connectivity index (χ1) is 9.57. The molecule has 0 saturated heterocycles. The van der Waals surface area contributed by atoms with Crippen molar-refractivity contribution in [3.05, 3.63) is 0 Å². The van der Waals surface area contributed by atoms with E-state index in [-0.39, 0.29) is 10.8 Å². The lowest BCUT2D eigenvalue weighted by Crippen LogP contribution is -2.46. The average Bonchev–Trinajstić information content (AvgIpc) is 2.46. The van der Waals surface area contributed by atoms with Gasteiger partial charge in [-0.3, -0.25) is 0 Å². The number of ether oxygens (including phenoxy) is 1. The molecule has 0 fully saturated rings. The molecular formula is C20H42O. The highest BCUT2D eigenvalue weighted by molar-refractivity contribution is 4.88. The standard InChI is InChI=1S/C20H42O/c1-11-15(5)17(19(7,8)13-3)21-18(16(6)12-2)20(9,10)14-4/h15-18H,11-14H2,1-10H3. The molecule has 0 spiro atoms. The summed E-state index contributed by atoms with van der Waals surface area (Å²) in [6.07, 6.45) is 5.40. The van der Waals surface area contributed by atoms with E-state index in [1.165, 1.54) is 25.7 Å². The average molecular weight is 299 g/mol. The van der Waals surface area contributed by atoms with Crippen molar-refractivity contribution in [3.63, 3.8) is 0 Å². The predicted octanol–water partition coefficient (Wildman–Crippen LogP) is 6.70. The second-order valence-corrected chi connectivity index (χ2v) is 8.43. The van der Waals surface area contributed by atoms with Crippen LogP contribution in [0.1, 0.15) is 94.9 Å². The van der Waals surface area contributed by atoms with Crippen molar-refractivity contribution < 1.29 is 4.74 Å². The zero-order chi connectivity index (χ0) is 16.8. The third kappa shape index (κ3) is 5.58. The van der Waals surface area contributed by atoms with Gasteiger partial charge in [0.25, 0.3) is 0 Å². The van der Waals surface area contributed by atoms with Crippen molar-refractivity contribution in [3.8, 4) is 0 Å². The van der Waals surface area contributed by atoms with Crippen LogP contribution in [-0.4, -0.2) is 12.2 Å². The Morgan fingerprint density at radius 1 is 0.667 bits per heavy atom. The second kappa shape index (κ2) is 8.56. The molecule has 1 nitrogen and oxygen atoms in total. The summed E-state index contributed by atoms with van der Waals surface area (Å²) in [4.78, 5) is 0. The molecular weight excluding hydrogens is 256 g/mol. The third-order valence-corrected chi connectivity index (χ3v) is 5.98. The van der Waals surface area contributed by atoms with Crippen molar-refractivity contribution in [2.75, 3.05) is 0 Å². The zero-order valence-corrected chi connectivity index (χ0v) is 16.5. The van der Waals surface area contributed by atoms with Crippen LogP contribution in [0.4, 0.5) is 0 Å². The lowest BCUT2D eigenvalue weighted by atomic mass is 9.74. The quantitative estimate of drug-likeness (QED) is 0.436. The molecule has 21 heavy (non-hydrogen) atoms. The molecule has 128 valence electrons. The molecule has 0 amide bonds. The lowest BCUT2D eigenvalue weighted by molar-refractivity contribution is -0.156. The SMILES string of the molecule is CCC(C)C(OC(C(C)CC)C(C)(C)CC)C(C)(C)CC. The van der Waals surface area contributed by atoms with E-state index in [1.807, 2.05) is 0 Å². The van der Waals surface area contributed by atoms with Crippen LogP contribution in [0.2, 0.25) is 0 Å². The van der Waals surface area contributed by atoms with Crippen LogP contribution < -0.4 is 0 Å². The first kappa shape index (κ1) is 21.0. The lowest BCUT2D eigenvalue weighted by Gasteiger charge is -2.45. The van der Waals surface area contributed by atoms with Crippen molar-refractivity contribution in [2.45, 2.75) is 107 Å². The van der Waals surface area contributed by atoms with E-state index < -0.39 is 0 Å². The summed E-state index contributed by atoms with van der Waals surface area (Å²) >= 11 is 0.